The number of carbonyl (C=O) groups excluding carboxylic acids is 1. The molecule has 0 bridgehead atoms. The lowest BCUT2D eigenvalue weighted by molar-refractivity contribution is 0.102. The summed E-state index contributed by atoms with van der Waals surface area (Å²) in [6.07, 6.45) is 1.36. The van der Waals surface area contributed by atoms with Crippen LogP contribution in [-0.2, 0) is 0 Å². The number of nitriles is 1. The number of amides is 1. The minimum Gasteiger partial charge on any atom is -0.321 e. The molecule has 0 saturated carbocycles. The molecule has 1 heterocycles. The topological polar surface area (TPSA) is 65.8 Å². The van der Waals surface area contributed by atoms with Crippen LogP contribution >= 0.6 is 23.2 Å². The van der Waals surface area contributed by atoms with Crippen LogP contribution in [0.5, 0.6) is 0 Å². The maximum Gasteiger partial charge on any atom is 0.257 e. The zero-order valence-electron chi connectivity index (χ0n) is 9.52. The molecule has 0 aliphatic rings. The molecule has 0 radical (unpaired) electrons. The number of hydrogen-bond donors (Lipinski definition) is 1. The lowest BCUT2D eigenvalue weighted by atomic mass is 10.2. The number of pyridine rings is 1. The summed E-state index contributed by atoms with van der Waals surface area (Å²) < 4.78 is 0. The van der Waals surface area contributed by atoms with E-state index < -0.39 is 0 Å². The summed E-state index contributed by atoms with van der Waals surface area (Å²) in [6.45, 7) is 0. The van der Waals surface area contributed by atoms with Crippen molar-refractivity contribution in [1.29, 1.82) is 5.26 Å². The van der Waals surface area contributed by atoms with E-state index in [1.54, 1.807) is 12.1 Å². The standard InChI is InChI=1S/C13H7Cl2N3O/c14-10-3-1-8(6-16)11(5-10)18-13(19)9-2-4-12(15)17-7-9/h1-5,7H,(H,18,19). The molecule has 19 heavy (non-hydrogen) atoms. The Balaban J connectivity index is 2.26. The fraction of sp³-hybridized carbons (Fsp3) is 0. The van der Waals surface area contributed by atoms with Crippen LogP contribution in [0.2, 0.25) is 10.2 Å². The van der Waals surface area contributed by atoms with Crippen LogP contribution in [0.3, 0.4) is 0 Å². The second kappa shape index (κ2) is 5.70. The Morgan fingerprint density at radius 2 is 2.05 bits per heavy atom. The summed E-state index contributed by atoms with van der Waals surface area (Å²) in [5.74, 6) is -0.386. The average Bonchev–Trinajstić information content (AvgIpc) is 2.39. The van der Waals surface area contributed by atoms with Crippen molar-refractivity contribution in [3.8, 4) is 6.07 Å². The Morgan fingerprint density at radius 3 is 2.68 bits per heavy atom. The number of anilines is 1. The van der Waals surface area contributed by atoms with Gasteiger partial charge in [0.1, 0.15) is 11.2 Å². The van der Waals surface area contributed by atoms with Crippen LogP contribution in [0.15, 0.2) is 36.5 Å². The zero-order valence-corrected chi connectivity index (χ0v) is 11.0. The van der Waals surface area contributed by atoms with E-state index in [-0.39, 0.29) is 5.91 Å². The van der Waals surface area contributed by atoms with Gasteiger partial charge in [-0.15, -0.1) is 0 Å². The van der Waals surface area contributed by atoms with Crippen molar-refractivity contribution in [3.05, 3.63) is 57.8 Å². The van der Waals surface area contributed by atoms with Crippen molar-refractivity contribution >= 4 is 34.8 Å². The number of rotatable bonds is 2. The Labute approximate surface area is 119 Å². The molecule has 6 heteroatoms. The third-order valence-electron chi connectivity index (χ3n) is 2.34. The van der Waals surface area contributed by atoms with Crippen molar-refractivity contribution in [3.63, 3.8) is 0 Å². The van der Waals surface area contributed by atoms with Crippen LogP contribution in [0, 0.1) is 11.3 Å². The van der Waals surface area contributed by atoms with Gasteiger partial charge in [-0.25, -0.2) is 4.98 Å². The highest BCUT2D eigenvalue weighted by molar-refractivity contribution is 6.31. The highest BCUT2D eigenvalue weighted by atomic mass is 35.5. The van der Waals surface area contributed by atoms with Crippen molar-refractivity contribution in [2.24, 2.45) is 0 Å². The summed E-state index contributed by atoms with van der Waals surface area (Å²) in [7, 11) is 0. The minimum atomic E-state index is -0.386. The van der Waals surface area contributed by atoms with E-state index in [0.29, 0.717) is 27.0 Å². The predicted octanol–water partition coefficient (Wildman–Crippen LogP) is 3.51. The molecule has 0 aliphatic carbocycles. The van der Waals surface area contributed by atoms with Crippen molar-refractivity contribution < 1.29 is 4.79 Å². The van der Waals surface area contributed by atoms with Gasteiger partial charge in [0.05, 0.1) is 16.8 Å². The van der Waals surface area contributed by atoms with Gasteiger partial charge in [-0.05, 0) is 30.3 Å². The third kappa shape index (κ3) is 3.22. The lowest BCUT2D eigenvalue weighted by Crippen LogP contribution is -2.13. The van der Waals surface area contributed by atoms with Crippen molar-refractivity contribution in [2.45, 2.75) is 0 Å². The smallest absolute Gasteiger partial charge is 0.257 e. The number of carbonyl (C=O) groups is 1. The quantitative estimate of drug-likeness (QED) is 0.861. The third-order valence-corrected chi connectivity index (χ3v) is 2.80. The number of nitrogens with one attached hydrogen (secondary N) is 1. The highest BCUT2D eigenvalue weighted by Gasteiger charge is 2.10. The van der Waals surface area contributed by atoms with Crippen LogP contribution in [-0.4, -0.2) is 10.9 Å². The Kier molecular flexibility index (Phi) is 4.00. The molecule has 4 nitrogen and oxygen atoms in total. The van der Waals surface area contributed by atoms with Gasteiger partial charge >= 0.3 is 0 Å². The van der Waals surface area contributed by atoms with E-state index in [9.17, 15) is 4.79 Å². The van der Waals surface area contributed by atoms with Crippen molar-refractivity contribution in [2.75, 3.05) is 5.32 Å². The van der Waals surface area contributed by atoms with Gasteiger partial charge in [-0.1, -0.05) is 23.2 Å². The Hall–Kier alpha value is -2.09. The Morgan fingerprint density at radius 1 is 1.26 bits per heavy atom. The molecule has 94 valence electrons. The molecule has 0 spiro atoms. The van der Waals surface area contributed by atoms with E-state index in [4.69, 9.17) is 28.5 Å². The zero-order chi connectivity index (χ0) is 13.8. The van der Waals surface area contributed by atoms with Gasteiger partial charge < -0.3 is 5.32 Å². The maximum absolute atomic E-state index is 12.0. The van der Waals surface area contributed by atoms with E-state index in [1.807, 2.05) is 6.07 Å². The van der Waals surface area contributed by atoms with Gasteiger partial charge in [0.25, 0.3) is 5.91 Å². The summed E-state index contributed by atoms with van der Waals surface area (Å²) in [6, 6.07) is 9.67. The summed E-state index contributed by atoms with van der Waals surface area (Å²) >= 11 is 11.5. The molecule has 2 aromatic rings. The van der Waals surface area contributed by atoms with Crippen LogP contribution in [0.25, 0.3) is 0 Å². The molecule has 1 aromatic heterocycles. The second-order valence-electron chi connectivity index (χ2n) is 3.63. The second-order valence-corrected chi connectivity index (χ2v) is 4.45. The first-order chi connectivity index (χ1) is 9.10. The van der Waals surface area contributed by atoms with Crippen molar-refractivity contribution in [1.82, 2.24) is 4.98 Å². The minimum absolute atomic E-state index is 0.303. The first-order valence-corrected chi connectivity index (χ1v) is 5.98. The molecular weight excluding hydrogens is 285 g/mol. The van der Waals surface area contributed by atoms with Gasteiger partial charge in [-0.2, -0.15) is 5.26 Å². The molecule has 2 rings (SSSR count). The highest BCUT2D eigenvalue weighted by Crippen LogP contribution is 2.21. The van der Waals surface area contributed by atoms with Gasteiger partial charge in [0.15, 0.2) is 0 Å². The molecule has 1 amide bonds. The van der Waals surface area contributed by atoms with E-state index in [1.165, 1.54) is 24.4 Å². The first kappa shape index (κ1) is 13.3. The predicted molar refractivity (Wildman–Crippen MR) is 73.4 cm³/mol. The van der Waals surface area contributed by atoms with Crippen LogP contribution < -0.4 is 5.32 Å². The Bertz CT molecular complexity index is 663. The molecular formula is C13H7Cl2N3O. The van der Waals surface area contributed by atoms with Crippen LogP contribution in [0.4, 0.5) is 5.69 Å². The monoisotopic (exact) mass is 291 g/mol. The number of aromatic nitrogens is 1. The number of hydrogen-bond acceptors (Lipinski definition) is 3. The van der Waals surface area contributed by atoms with Gasteiger partial charge in [0.2, 0.25) is 0 Å². The molecule has 1 aromatic carbocycles. The van der Waals surface area contributed by atoms with E-state index in [0.717, 1.165) is 0 Å². The van der Waals surface area contributed by atoms with Gasteiger partial charge in [0, 0.05) is 11.2 Å². The molecule has 0 saturated heterocycles. The normalized spacial score (nSPS) is 9.74. The molecule has 0 atom stereocenters. The molecule has 1 N–H and O–H groups in total. The van der Waals surface area contributed by atoms with Gasteiger partial charge in [-0.3, -0.25) is 4.79 Å². The maximum atomic E-state index is 12.0. The number of benzene rings is 1. The molecule has 0 aliphatic heterocycles. The number of halogens is 2. The van der Waals surface area contributed by atoms with E-state index >= 15 is 0 Å². The summed E-state index contributed by atoms with van der Waals surface area (Å²) in [4.78, 5) is 15.8. The fourth-order valence-electron chi connectivity index (χ4n) is 1.42. The average molecular weight is 292 g/mol. The summed E-state index contributed by atoms with van der Waals surface area (Å²) in [5, 5.41) is 12.3. The van der Waals surface area contributed by atoms with Crippen LogP contribution in [0.1, 0.15) is 15.9 Å². The largest absolute Gasteiger partial charge is 0.321 e. The molecule has 0 fully saturated rings. The molecule has 0 unspecified atom stereocenters. The fourth-order valence-corrected chi connectivity index (χ4v) is 1.71. The summed E-state index contributed by atoms with van der Waals surface area (Å²) in [5.41, 5.74) is 1.03. The number of nitrogens with zero attached hydrogens (tertiary/aromatic N) is 2. The lowest BCUT2D eigenvalue weighted by Gasteiger charge is -2.07. The SMILES string of the molecule is N#Cc1ccc(Cl)cc1NC(=O)c1ccc(Cl)nc1. The van der Waals surface area contributed by atoms with E-state index in [2.05, 4.69) is 10.3 Å². The first-order valence-electron chi connectivity index (χ1n) is 5.22.